The summed E-state index contributed by atoms with van der Waals surface area (Å²) in [5.41, 5.74) is -0.0118. The lowest BCUT2D eigenvalue weighted by molar-refractivity contribution is -0.972. The van der Waals surface area contributed by atoms with Crippen LogP contribution in [0.1, 0.15) is 20.8 Å². The molecule has 0 fully saturated rings. The van der Waals surface area contributed by atoms with E-state index in [2.05, 4.69) is 0 Å². The van der Waals surface area contributed by atoms with Crippen molar-refractivity contribution in [1.82, 2.24) is 0 Å². The Morgan fingerprint density at radius 3 is 1.90 bits per heavy atom. The third kappa shape index (κ3) is 2.64. The minimum absolute atomic E-state index is 0.0118. The van der Waals surface area contributed by atoms with Crippen molar-refractivity contribution < 1.29 is 15.1 Å². The van der Waals surface area contributed by atoms with Crippen LogP contribution in [0.4, 0.5) is 0 Å². The van der Waals surface area contributed by atoms with E-state index in [1.54, 1.807) is 0 Å². The molecule has 0 saturated heterocycles. The van der Waals surface area contributed by atoms with Crippen molar-refractivity contribution >= 4 is 0 Å². The smallest absolute Gasteiger partial charge is 0.212 e. The molecule has 2 unspecified atom stereocenters. The average molecular weight is 148 g/mol. The van der Waals surface area contributed by atoms with E-state index in [0.29, 0.717) is 0 Å². The summed E-state index contributed by atoms with van der Waals surface area (Å²) in [5.74, 6) is 0. The second kappa shape index (κ2) is 3.32. The molecule has 0 heterocycles. The monoisotopic (exact) mass is 148 g/mol. The lowest BCUT2D eigenvalue weighted by Gasteiger charge is -2.31. The van der Waals surface area contributed by atoms with Crippen molar-refractivity contribution in [2.24, 2.45) is 0 Å². The molecule has 0 bridgehead atoms. The number of nitrogens with one attached hydrogen (secondary N) is 1. The molecule has 62 valence electrons. The molecule has 3 nitrogen and oxygen atoms in total. The lowest BCUT2D eigenvalue weighted by Crippen LogP contribution is -3.20. The Morgan fingerprint density at radius 2 is 1.80 bits per heavy atom. The van der Waals surface area contributed by atoms with Gasteiger partial charge in [-0.05, 0) is 20.8 Å². The van der Waals surface area contributed by atoms with Crippen molar-refractivity contribution in [1.29, 1.82) is 0 Å². The van der Waals surface area contributed by atoms with Gasteiger partial charge in [0.2, 0.25) is 6.23 Å². The summed E-state index contributed by atoms with van der Waals surface area (Å²) in [7, 11) is 1.86. The van der Waals surface area contributed by atoms with E-state index >= 15 is 0 Å². The van der Waals surface area contributed by atoms with Crippen LogP contribution < -0.4 is 4.90 Å². The maximum atomic E-state index is 9.18. The van der Waals surface area contributed by atoms with Crippen LogP contribution in [0.2, 0.25) is 0 Å². The highest BCUT2D eigenvalue weighted by Gasteiger charge is 2.26. The maximum Gasteiger partial charge on any atom is 0.212 e. The molecule has 0 amide bonds. The standard InChI is InChI=1S/C7H17NO2/c1-7(2,3)8(4)6(10)5-9/h6,9-10H,5H2,1-4H3/p+1. The molecule has 0 rings (SSSR count). The van der Waals surface area contributed by atoms with Gasteiger partial charge in [-0.25, -0.2) is 0 Å². The molecule has 0 aliphatic carbocycles. The first-order valence-electron chi connectivity index (χ1n) is 3.52. The van der Waals surface area contributed by atoms with Crippen molar-refractivity contribution in [3.05, 3.63) is 0 Å². The molecule has 0 aromatic rings. The zero-order chi connectivity index (χ0) is 8.36. The van der Waals surface area contributed by atoms with E-state index in [-0.39, 0.29) is 12.1 Å². The number of quaternary nitrogens is 1. The van der Waals surface area contributed by atoms with Gasteiger partial charge in [-0.2, -0.15) is 0 Å². The van der Waals surface area contributed by atoms with E-state index in [4.69, 9.17) is 5.11 Å². The van der Waals surface area contributed by atoms with Gasteiger partial charge in [0.1, 0.15) is 6.61 Å². The van der Waals surface area contributed by atoms with Crippen molar-refractivity contribution in [3.8, 4) is 0 Å². The van der Waals surface area contributed by atoms with E-state index in [0.717, 1.165) is 4.90 Å². The van der Waals surface area contributed by atoms with Crippen LogP contribution in [0, 0.1) is 0 Å². The Bertz CT molecular complexity index is 98.3. The highest BCUT2D eigenvalue weighted by atomic mass is 16.3. The summed E-state index contributed by atoms with van der Waals surface area (Å²) in [6, 6.07) is 0. The fraction of sp³-hybridized carbons (Fsp3) is 1.00. The number of likely N-dealkylation sites (N-methyl/N-ethyl adjacent to an activating group) is 1. The molecule has 0 aromatic heterocycles. The van der Waals surface area contributed by atoms with Crippen LogP contribution in [0.25, 0.3) is 0 Å². The number of aliphatic hydroxyl groups is 2. The predicted molar refractivity (Wildman–Crippen MR) is 39.7 cm³/mol. The Morgan fingerprint density at radius 1 is 1.40 bits per heavy atom. The molecular formula is C7H18NO2+. The fourth-order valence-corrected chi connectivity index (χ4v) is 0.637. The zero-order valence-electron chi connectivity index (χ0n) is 7.18. The topological polar surface area (TPSA) is 44.9 Å². The number of hydrogen-bond donors (Lipinski definition) is 3. The first kappa shape index (κ1) is 9.88. The third-order valence-corrected chi connectivity index (χ3v) is 1.86. The van der Waals surface area contributed by atoms with Crippen molar-refractivity contribution in [2.75, 3.05) is 13.7 Å². The van der Waals surface area contributed by atoms with Crippen LogP contribution in [-0.4, -0.2) is 35.6 Å². The first-order chi connectivity index (χ1) is 4.39. The van der Waals surface area contributed by atoms with E-state index < -0.39 is 6.23 Å². The molecule has 2 atom stereocenters. The predicted octanol–water partition coefficient (Wildman–Crippen LogP) is -1.39. The summed E-state index contributed by atoms with van der Waals surface area (Å²) >= 11 is 0. The molecule has 0 spiro atoms. The van der Waals surface area contributed by atoms with Crippen LogP contribution in [-0.2, 0) is 0 Å². The largest absolute Gasteiger partial charge is 0.387 e. The van der Waals surface area contributed by atoms with Gasteiger partial charge in [-0.1, -0.05) is 0 Å². The first-order valence-corrected chi connectivity index (χ1v) is 3.52. The van der Waals surface area contributed by atoms with Gasteiger partial charge in [0.25, 0.3) is 0 Å². The minimum atomic E-state index is -0.667. The molecule has 3 N–H and O–H groups in total. The van der Waals surface area contributed by atoms with Gasteiger partial charge in [0.15, 0.2) is 0 Å². The van der Waals surface area contributed by atoms with Gasteiger partial charge < -0.3 is 15.1 Å². The normalized spacial score (nSPS) is 18.6. The van der Waals surface area contributed by atoms with E-state index in [1.807, 2.05) is 27.8 Å². The number of hydrogen-bond acceptors (Lipinski definition) is 2. The number of aliphatic hydroxyl groups excluding tert-OH is 2. The summed E-state index contributed by atoms with van der Waals surface area (Å²) in [6.45, 7) is 5.87. The lowest BCUT2D eigenvalue weighted by atomic mass is 10.1. The second-order valence-electron chi connectivity index (χ2n) is 3.63. The van der Waals surface area contributed by atoms with Gasteiger partial charge in [-0.3, -0.25) is 0 Å². The molecule has 0 aromatic carbocycles. The van der Waals surface area contributed by atoms with Crippen LogP contribution in [0.15, 0.2) is 0 Å². The Hall–Kier alpha value is -0.120. The molecule has 0 radical (unpaired) electrons. The fourth-order valence-electron chi connectivity index (χ4n) is 0.637. The third-order valence-electron chi connectivity index (χ3n) is 1.86. The average Bonchev–Trinajstić information content (AvgIpc) is 1.83. The van der Waals surface area contributed by atoms with E-state index in [1.165, 1.54) is 0 Å². The summed E-state index contributed by atoms with van der Waals surface area (Å²) < 4.78 is 0. The van der Waals surface area contributed by atoms with Crippen LogP contribution in [0.3, 0.4) is 0 Å². The molecular weight excluding hydrogens is 130 g/mol. The molecule has 3 heteroatoms. The van der Waals surface area contributed by atoms with Gasteiger partial charge in [0.05, 0.1) is 12.6 Å². The van der Waals surface area contributed by atoms with Gasteiger partial charge in [0, 0.05) is 0 Å². The summed E-state index contributed by atoms with van der Waals surface area (Å²) in [5, 5.41) is 17.8. The Balaban J connectivity index is 3.94. The Labute approximate surface area is 62.3 Å². The highest BCUT2D eigenvalue weighted by molar-refractivity contribution is 4.55. The summed E-state index contributed by atoms with van der Waals surface area (Å²) in [4.78, 5) is 0.926. The minimum Gasteiger partial charge on any atom is -0.387 e. The van der Waals surface area contributed by atoms with Crippen molar-refractivity contribution in [3.63, 3.8) is 0 Å². The Kier molecular flexibility index (Phi) is 3.28. The highest BCUT2D eigenvalue weighted by Crippen LogP contribution is 1.91. The molecule has 0 saturated carbocycles. The van der Waals surface area contributed by atoms with E-state index in [9.17, 15) is 5.11 Å². The number of rotatable bonds is 2. The molecule has 0 aliphatic rings. The van der Waals surface area contributed by atoms with Crippen molar-refractivity contribution in [2.45, 2.75) is 32.5 Å². The van der Waals surface area contributed by atoms with Gasteiger partial charge in [-0.15, -0.1) is 0 Å². The molecule has 10 heavy (non-hydrogen) atoms. The van der Waals surface area contributed by atoms with Crippen LogP contribution in [0.5, 0.6) is 0 Å². The van der Waals surface area contributed by atoms with Crippen LogP contribution >= 0.6 is 0 Å². The quantitative estimate of drug-likeness (QED) is 0.422. The summed E-state index contributed by atoms with van der Waals surface area (Å²) in [6.07, 6.45) is -0.667. The zero-order valence-corrected chi connectivity index (χ0v) is 7.18. The maximum absolute atomic E-state index is 9.18. The molecule has 0 aliphatic heterocycles. The second-order valence-corrected chi connectivity index (χ2v) is 3.63. The SMILES string of the molecule is C[NH+](C(O)CO)C(C)(C)C. The van der Waals surface area contributed by atoms with Gasteiger partial charge >= 0.3 is 0 Å².